The van der Waals surface area contributed by atoms with Crippen LogP contribution in [0.5, 0.6) is 5.75 Å². The standard InChI is InChI=1S/C19H17BrClN3O2/c1-12-4-3-5-13(2)18(12)22-19(25)16-8-9-24(23-16)11-26-17-7-6-14(21)10-15(17)20/h3-10H,11H2,1-2H3,(H,22,25). The van der Waals surface area contributed by atoms with Gasteiger partial charge in [0.25, 0.3) is 5.91 Å². The zero-order chi connectivity index (χ0) is 18.7. The summed E-state index contributed by atoms with van der Waals surface area (Å²) in [4.78, 5) is 12.4. The summed E-state index contributed by atoms with van der Waals surface area (Å²) in [5.41, 5.74) is 3.15. The van der Waals surface area contributed by atoms with Gasteiger partial charge in [0.05, 0.1) is 4.47 Å². The smallest absolute Gasteiger partial charge is 0.276 e. The Bertz CT molecular complexity index is 935. The zero-order valence-corrected chi connectivity index (χ0v) is 16.6. The third kappa shape index (κ3) is 4.26. The number of aromatic nitrogens is 2. The summed E-state index contributed by atoms with van der Waals surface area (Å²) >= 11 is 9.31. The topological polar surface area (TPSA) is 56.2 Å². The van der Waals surface area contributed by atoms with Crippen LogP contribution in [-0.2, 0) is 6.73 Å². The molecule has 3 aromatic rings. The number of anilines is 1. The van der Waals surface area contributed by atoms with Crippen molar-refractivity contribution in [2.24, 2.45) is 0 Å². The Hall–Kier alpha value is -2.31. The van der Waals surface area contributed by atoms with Gasteiger partial charge in [-0.15, -0.1) is 0 Å². The Morgan fingerprint density at radius 1 is 1.23 bits per heavy atom. The SMILES string of the molecule is Cc1cccc(C)c1NC(=O)c1ccn(COc2ccc(Cl)cc2Br)n1. The first-order valence-corrected chi connectivity index (χ1v) is 9.10. The highest BCUT2D eigenvalue weighted by atomic mass is 79.9. The number of rotatable bonds is 5. The van der Waals surface area contributed by atoms with E-state index < -0.39 is 0 Å². The Morgan fingerprint density at radius 2 is 1.96 bits per heavy atom. The van der Waals surface area contributed by atoms with Crippen molar-refractivity contribution in [1.82, 2.24) is 9.78 Å². The predicted octanol–water partition coefficient (Wildman–Crippen LogP) is 5.20. The van der Waals surface area contributed by atoms with Crippen LogP contribution in [0.3, 0.4) is 0 Å². The van der Waals surface area contributed by atoms with Crippen molar-refractivity contribution in [2.75, 3.05) is 5.32 Å². The lowest BCUT2D eigenvalue weighted by Crippen LogP contribution is -2.15. The number of ether oxygens (including phenoxy) is 1. The molecule has 0 aliphatic carbocycles. The summed E-state index contributed by atoms with van der Waals surface area (Å²) in [6.45, 7) is 4.09. The lowest BCUT2D eigenvalue weighted by Gasteiger charge is -2.10. The number of carbonyl (C=O) groups is 1. The van der Waals surface area contributed by atoms with E-state index in [0.29, 0.717) is 16.5 Å². The second-order valence-electron chi connectivity index (χ2n) is 5.81. The Labute approximate surface area is 165 Å². The number of halogens is 2. The highest BCUT2D eigenvalue weighted by Crippen LogP contribution is 2.28. The van der Waals surface area contributed by atoms with Gasteiger partial charge in [-0.3, -0.25) is 4.79 Å². The van der Waals surface area contributed by atoms with Crippen molar-refractivity contribution < 1.29 is 9.53 Å². The minimum atomic E-state index is -0.256. The largest absolute Gasteiger partial charge is 0.470 e. The van der Waals surface area contributed by atoms with Gasteiger partial charge in [0.2, 0.25) is 0 Å². The summed E-state index contributed by atoms with van der Waals surface area (Å²) in [5, 5.41) is 7.80. The van der Waals surface area contributed by atoms with Gasteiger partial charge in [0.15, 0.2) is 12.4 Å². The molecule has 0 bridgehead atoms. The summed E-state index contributed by atoms with van der Waals surface area (Å²) in [5.74, 6) is 0.389. The third-order valence-electron chi connectivity index (χ3n) is 3.84. The normalized spacial score (nSPS) is 10.6. The highest BCUT2D eigenvalue weighted by Gasteiger charge is 2.13. The van der Waals surface area contributed by atoms with Gasteiger partial charge in [0.1, 0.15) is 5.75 Å². The van der Waals surface area contributed by atoms with Gasteiger partial charge in [-0.05, 0) is 65.2 Å². The number of aryl methyl sites for hydroxylation is 2. The molecule has 134 valence electrons. The van der Waals surface area contributed by atoms with Crippen molar-refractivity contribution in [3.8, 4) is 5.75 Å². The fraction of sp³-hybridized carbons (Fsp3) is 0.158. The van der Waals surface area contributed by atoms with Gasteiger partial charge in [-0.1, -0.05) is 29.8 Å². The van der Waals surface area contributed by atoms with Crippen molar-refractivity contribution >= 4 is 39.1 Å². The first-order chi connectivity index (χ1) is 12.4. The maximum Gasteiger partial charge on any atom is 0.276 e. The van der Waals surface area contributed by atoms with E-state index in [2.05, 4.69) is 26.3 Å². The Morgan fingerprint density at radius 3 is 2.65 bits per heavy atom. The van der Waals surface area contributed by atoms with Crippen LogP contribution in [0.4, 0.5) is 5.69 Å². The quantitative estimate of drug-likeness (QED) is 0.600. The monoisotopic (exact) mass is 433 g/mol. The molecule has 0 saturated carbocycles. The molecule has 5 nitrogen and oxygen atoms in total. The Balaban J connectivity index is 1.66. The zero-order valence-electron chi connectivity index (χ0n) is 14.3. The van der Waals surface area contributed by atoms with Crippen LogP contribution in [0.2, 0.25) is 5.02 Å². The molecule has 3 rings (SSSR count). The molecule has 0 radical (unpaired) electrons. The summed E-state index contributed by atoms with van der Waals surface area (Å²) < 4.78 is 8.00. The number of carbonyl (C=O) groups excluding carboxylic acids is 1. The molecule has 0 aliphatic rings. The molecule has 1 amide bonds. The van der Waals surface area contributed by atoms with Gasteiger partial charge < -0.3 is 10.1 Å². The van der Waals surface area contributed by atoms with Crippen LogP contribution in [0, 0.1) is 13.8 Å². The second kappa shape index (κ2) is 7.93. The van der Waals surface area contributed by atoms with Crippen molar-refractivity contribution in [1.29, 1.82) is 0 Å². The first kappa shape index (κ1) is 18.5. The molecule has 1 heterocycles. The minimum absolute atomic E-state index is 0.177. The molecule has 7 heteroatoms. The molecular formula is C19H17BrClN3O2. The highest BCUT2D eigenvalue weighted by molar-refractivity contribution is 9.10. The second-order valence-corrected chi connectivity index (χ2v) is 7.10. The molecule has 0 saturated heterocycles. The Kier molecular flexibility index (Phi) is 5.64. The van der Waals surface area contributed by atoms with Crippen molar-refractivity contribution in [3.63, 3.8) is 0 Å². The van der Waals surface area contributed by atoms with Crippen molar-refractivity contribution in [3.05, 3.63) is 75.0 Å². The average molecular weight is 435 g/mol. The number of nitrogens with one attached hydrogen (secondary N) is 1. The fourth-order valence-corrected chi connectivity index (χ4v) is 3.27. The predicted molar refractivity (Wildman–Crippen MR) is 106 cm³/mol. The average Bonchev–Trinajstić information content (AvgIpc) is 3.06. The molecule has 2 aromatic carbocycles. The number of hydrogen-bond donors (Lipinski definition) is 1. The third-order valence-corrected chi connectivity index (χ3v) is 4.69. The molecule has 0 atom stereocenters. The van der Waals surface area contributed by atoms with E-state index in [-0.39, 0.29) is 12.6 Å². The number of hydrogen-bond acceptors (Lipinski definition) is 3. The van der Waals surface area contributed by atoms with Crippen LogP contribution in [-0.4, -0.2) is 15.7 Å². The van der Waals surface area contributed by atoms with E-state index in [1.165, 1.54) is 0 Å². The van der Waals surface area contributed by atoms with E-state index in [1.54, 1.807) is 35.1 Å². The van der Waals surface area contributed by atoms with E-state index >= 15 is 0 Å². The number of nitrogens with zero attached hydrogens (tertiary/aromatic N) is 2. The number of benzene rings is 2. The minimum Gasteiger partial charge on any atom is -0.470 e. The van der Waals surface area contributed by atoms with E-state index in [9.17, 15) is 4.79 Å². The van der Waals surface area contributed by atoms with Gasteiger partial charge in [0, 0.05) is 16.9 Å². The molecule has 1 N–H and O–H groups in total. The number of para-hydroxylation sites is 1. The maximum atomic E-state index is 12.4. The van der Waals surface area contributed by atoms with E-state index in [4.69, 9.17) is 16.3 Å². The molecule has 26 heavy (non-hydrogen) atoms. The molecular weight excluding hydrogens is 418 g/mol. The summed E-state index contributed by atoms with van der Waals surface area (Å²) in [7, 11) is 0. The van der Waals surface area contributed by atoms with Crippen LogP contribution >= 0.6 is 27.5 Å². The molecule has 0 aliphatic heterocycles. The molecule has 1 aromatic heterocycles. The van der Waals surface area contributed by atoms with Gasteiger partial charge in [-0.25, -0.2) is 4.68 Å². The first-order valence-electron chi connectivity index (χ1n) is 7.93. The number of amides is 1. The lowest BCUT2D eigenvalue weighted by molar-refractivity contribution is 0.102. The summed E-state index contributed by atoms with van der Waals surface area (Å²) in [6, 6.07) is 12.8. The van der Waals surface area contributed by atoms with Crippen LogP contribution in [0.25, 0.3) is 0 Å². The van der Waals surface area contributed by atoms with Crippen LogP contribution in [0.15, 0.2) is 53.1 Å². The molecule has 0 unspecified atom stereocenters. The maximum absolute atomic E-state index is 12.4. The van der Waals surface area contributed by atoms with Crippen molar-refractivity contribution in [2.45, 2.75) is 20.6 Å². The van der Waals surface area contributed by atoms with Gasteiger partial charge >= 0.3 is 0 Å². The lowest BCUT2D eigenvalue weighted by atomic mass is 10.1. The van der Waals surface area contributed by atoms with Crippen LogP contribution < -0.4 is 10.1 Å². The molecule has 0 spiro atoms. The molecule has 0 fully saturated rings. The summed E-state index contributed by atoms with van der Waals surface area (Å²) in [6.07, 6.45) is 1.70. The van der Waals surface area contributed by atoms with Crippen LogP contribution in [0.1, 0.15) is 21.6 Å². The van der Waals surface area contributed by atoms with E-state index in [1.807, 2.05) is 32.0 Å². The van der Waals surface area contributed by atoms with Gasteiger partial charge in [-0.2, -0.15) is 5.10 Å². The van der Waals surface area contributed by atoms with E-state index in [0.717, 1.165) is 21.3 Å². The fourth-order valence-electron chi connectivity index (χ4n) is 2.47.